The molecule has 92 valence electrons. The van der Waals surface area contributed by atoms with Crippen LogP contribution in [-0.4, -0.2) is 43.4 Å². The van der Waals surface area contributed by atoms with E-state index < -0.39 is 0 Å². The molecule has 2 saturated heterocycles. The van der Waals surface area contributed by atoms with E-state index in [2.05, 4.69) is 35.2 Å². The van der Waals surface area contributed by atoms with Gasteiger partial charge in [-0.2, -0.15) is 0 Å². The summed E-state index contributed by atoms with van der Waals surface area (Å²) in [6.07, 6.45) is 1.95. The summed E-state index contributed by atoms with van der Waals surface area (Å²) < 4.78 is 11.0. The lowest BCUT2D eigenvalue weighted by atomic mass is 10.2. The molecular formula is C14H19NO2. The van der Waals surface area contributed by atoms with E-state index in [1.807, 2.05) is 0 Å². The van der Waals surface area contributed by atoms with E-state index in [9.17, 15) is 0 Å². The van der Waals surface area contributed by atoms with E-state index in [1.165, 1.54) is 5.56 Å². The summed E-state index contributed by atoms with van der Waals surface area (Å²) in [4.78, 5) is 2.47. The van der Waals surface area contributed by atoms with Crippen LogP contribution >= 0.6 is 0 Å². The third-order valence-corrected chi connectivity index (χ3v) is 3.40. The van der Waals surface area contributed by atoms with Crippen LogP contribution < -0.4 is 0 Å². The number of hydrogen-bond donors (Lipinski definition) is 0. The predicted octanol–water partition coefficient (Wildman–Crippen LogP) is 1.68. The molecule has 0 aliphatic carbocycles. The van der Waals surface area contributed by atoms with Crippen LogP contribution in [0.25, 0.3) is 0 Å². The molecule has 2 fully saturated rings. The van der Waals surface area contributed by atoms with Crippen LogP contribution in [0.1, 0.15) is 12.0 Å². The molecule has 2 aliphatic heterocycles. The zero-order valence-corrected chi connectivity index (χ0v) is 10.0. The molecule has 0 unspecified atom stereocenters. The molecule has 2 atom stereocenters. The second kappa shape index (κ2) is 5.17. The van der Waals surface area contributed by atoms with Crippen molar-refractivity contribution in [1.82, 2.24) is 4.90 Å². The van der Waals surface area contributed by atoms with Crippen molar-refractivity contribution in [3.63, 3.8) is 0 Å². The standard InChI is InChI=1S/C14H19NO2/c1-2-4-12(5-3-1)8-15-7-6-13(9-15)16-10-14-11-17-14/h1-5,13-14H,6-11H2/t13-,14+/m0/s1. The fourth-order valence-electron chi connectivity index (χ4n) is 2.33. The van der Waals surface area contributed by atoms with E-state index in [4.69, 9.17) is 9.47 Å². The third-order valence-electron chi connectivity index (χ3n) is 3.40. The highest BCUT2D eigenvalue weighted by Crippen LogP contribution is 2.18. The van der Waals surface area contributed by atoms with Gasteiger partial charge in [0.25, 0.3) is 0 Å². The summed E-state index contributed by atoms with van der Waals surface area (Å²) >= 11 is 0. The topological polar surface area (TPSA) is 25.0 Å². The van der Waals surface area contributed by atoms with E-state index in [-0.39, 0.29) is 0 Å². The first-order valence-corrected chi connectivity index (χ1v) is 6.39. The Morgan fingerprint density at radius 3 is 2.88 bits per heavy atom. The lowest BCUT2D eigenvalue weighted by Crippen LogP contribution is -2.23. The summed E-state index contributed by atoms with van der Waals surface area (Å²) in [7, 11) is 0. The van der Waals surface area contributed by atoms with Crippen LogP contribution in [0.4, 0.5) is 0 Å². The monoisotopic (exact) mass is 233 g/mol. The number of benzene rings is 1. The Hall–Kier alpha value is -0.900. The number of nitrogens with zero attached hydrogens (tertiary/aromatic N) is 1. The molecule has 3 nitrogen and oxygen atoms in total. The van der Waals surface area contributed by atoms with Gasteiger partial charge in [-0.05, 0) is 12.0 Å². The highest BCUT2D eigenvalue weighted by atomic mass is 16.6. The molecule has 1 aromatic rings. The van der Waals surface area contributed by atoms with Crippen LogP contribution in [0.3, 0.4) is 0 Å². The van der Waals surface area contributed by atoms with Gasteiger partial charge in [-0.15, -0.1) is 0 Å². The number of ether oxygens (including phenoxy) is 2. The van der Waals surface area contributed by atoms with Gasteiger partial charge >= 0.3 is 0 Å². The smallest absolute Gasteiger partial charge is 0.104 e. The molecule has 3 heteroatoms. The van der Waals surface area contributed by atoms with E-state index >= 15 is 0 Å². The van der Waals surface area contributed by atoms with Gasteiger partial charge in [0.1, 0.15) is 6.10 Å². The van der Waals surface area contributed by atoms with Crippen LogP contribution in [0, 0.1) is 0 Å². The number of hydrogen-bond acceptors (Lipinski definition) is 3. The average Bonchev–Trinajstić information content (AvgIpc) is 3.09. The molecule has 0 N–H and O–H groups in total. The van der Waals surface area contributed by atoms with Crippen molar-refractivity contribution in [3.05, 3.63) is 35.9 Å². The van der Waals surface area contributed by atoms with E-state index in [0.717, 1.165) is 39.3 Å². The summed E-state index contributed by atoms with van der Waals surface area (Å²) in [5.41, 5.74) is 1.39. The first kappa shape index (κ1) is 11.2. The van der Waals surface area contributed by atoms with Gasteiger partial charge < -0.3 is 9.47 Å². The average molecular weight is 233 g/mol. The minimum absolute atomic E-state index is 0.387. The van der Waals surface area contributed by atoms with Crippen molar-refractivity contribution in [3.8, 4) is 0 Å². The van der Waals surface area contributed by atoms with Crippen molar-refractivity contribution < 1.29 is 9.47 Å². The Kier molecular flexibility index (Phi) is 3.41. The molecule has 0 saturated carbocycles. The van der Waals surface area contributed by atoms with E-state index in [0.29, 0.717) is 12.2 Å². The predicted molar refractivity (Wildman–Crippen MR) is 65.8 cm³/mol. The quantitative estimate of drug-likeness (QED) is 0.723. The van der Waals surface area contributed by atoms with E-state index in [1.54, 1.807) is 0 Å². The maximum atomic E-state index is 5.83. The molecule has 0 amide bonds. The molecule has 0 radical (unpaired) electrons. The lowest BCUT2D eigenvalue weighted by Gasteiger charge is -2.16. The number of epoxide rings is 1. The van der Waals surface area contributed by atoms with Gasteiger partial charge in [0.15, 0.2) is 0 Å². The Bertz CT molecular complexity index is 350. The highest BCUT2D eigenvalue weighted by molar-refractivity contribution is 5.14. The summed E-state index contributed by atoms with van der Waals surface area (Å²) in [5.74, 6) is 0. The molecule has 1 aromatic carbocycles. The second-order valence-corrected chi connectivity index (χ2v) is 4.92. The maximum Gasteiger partial charge on any atom is 0.104 e. The van der Waals surface area contributed by atoms with Gasteiger partial charge in [0, 0.05) is 19.6 Å². The van der Waals surface area contributed by atoms with Crippen LogP contribution in [-0.2, 0) is 16.0 Å². The van der Waals surface area contributed by atoms with Gasteiger partial charge in [-0.25, -0.2) is 0 Å². The van der Waals surface area contributed by atoms with Crippen molar-refractivity contribution >= 4 is 0 Å². The third kappa shape index (κ3) is 3.28. The largest absolute Gasteiger partial charge is 0.374 e. The second-order valence-electron chi connectivity index (χ2n) is 4.92. The summed E-state index contributed by atoms with van der Waals surface area (Å²) in [5, 5.41) is 0. The Balaban J connectivity index is 1.43. The van der Waals surface area contributed by atoms with Gasteiger partial charge in [0.05, 0.1) is 19.3 Å². The van der Waals surface area contributed by atoms with Gasteiger partial charge in [-0.3, -0.25) is 4.90 Å². The fraction of sp³-hybridized carbons (Fsp3) is 0.571. The van der Waals surface area contributed by atoms with Crippen molar-refractivity contribution in [1.29, 1.82) is 0 Å². The molecule has 3 rings (SSSR count). The molecule has 0 aromatic heterocycles. The Morgan fingerprint density at radius 2 is 2.12 bits per heavy atom. The van der Waals surface area contributed by atoms with Crippen LogP contribution in [0.5, 0.6) is 0 Å². The van der Waals surface area contributed by atoms with Crippen LogP contribution in [0.2, 0.25) is 0 Å². The fourth-order valence-corrected chi connectivity index (χ4v) is 2.33. The van der Waals surface area contributed by atoms with Crippen molar-refractivity contribution in [2.75, 3.05) is 26.3 Å². The van der Waals surface area contributed by atoms with Gasteiger partial charge in [-0.1, -0.05) is 30.3 Å². The highest BCUT2D eigenvalue weighted by Gasteiger charge is 2.27. The number of rotatable bonds is 5. The molecule has 0 bridgehead atoms. The molecular weight excluding hydrogens is 214 g/mol. The Labute approximate surface area is 102 Å². The lowest BCUT2D eigenvalue weighted by molar-refractivity contribution is 0.0479. The number of likely N-dealkylation sites (tertiary alicyclic amines) is 1. The zero-order valence-electron chi connectivity index (χ0n) is 10.0. The van der Waals surface area contributed by atoms with Crippen molar-refractivity contribution in [2.24, 2.45) is 0 Å². The van der Waals surface area contributed by atoms with Crippen molar-refractivity contribution in [2.45, 2.75) is 25.2 Å². The normalized spacial score (nSPS) is 28.5. The first-order chi connectivity index (χ1) is 8.40. The minimum atomic E-state index is 0.387. The minimum Gasteiger partial charge on any atom is -0.374 e. The van der Waals surface area contributed by atoms with Gasteiger partial charge in [0.2, 0.25) is 0 Å². The zero-order chi connectivity index (χ0) is 11.5. The molecule has 2 aliphatic rings. The SMILES string of the molecule is c1ccc(CN2CC[C@H](OC[C@@H]3CO3)C2)cc1. The maximum absolute atomic E-state index is 5.83. The summed E-state index contributed by atoms with van der Waals surface area (Å²) in [6.45, 7) is 4.91. The molecule has 0 spiro atoms. The van der Waals surface area contributed by atoms with Crippen LogP contribution in [0.15, 0.2) is 30.3 Å². The molecule has 2 heterocycles. The molecule has 17 heavy (non-hydrogen) atoms. The summed E-state index contributed by atoms with van der Waals surface area (Å²) in [6, 6.07) is 10.6. The Morgan fingerprint density at radius 1 is 1.29 bits per heavy atom. The first-order valence-electron chi connectivity index (χ1n) is 6.39.